The van der Waals surface area contributed by atoms with Crippen LogP contribution in [0.15, 0.2) is 24.7 Å². The summed E-state index contributed by atoms with van der Waals surface area (Å²) in [6.07, 6.45) is 7.99. The van der Waals surface area contributed by atoms with Gasteiger partial charge in [-0.15, -0.1) is 5.10 Å². The fraction of sp³-hybridized carbons (Fsp3) is 0.647. The maximum absolute atomic E-state index is 12.5. The minimum atomic E-state index is 0.146. The van der Waals surface area contributed by atoms with E-state index in [9.17, 15) is 4.79 Å². The summed E-state index contributed by atoms with van der Waals surface area (Å²) >= 11 is 0. The summed E-state index contributed by atoms with van der Waals surface area (Å²) in [5, 5.41) is 12.0. The lowest BCUT2D eigenvalue weighted by Gasteiger charge is -2.40. The molecule has 3 heterocycles. The van der Waals surface area contributed by atoms with E-state index in [1.54, 1.807) is 17.1 Å². The van der Waals surface area contributed by atoms with Gasteiger partial charge in [0.15, 0.2) is 0 Å². The molecule has 0 radical (unpaired) electrons. The highest BCUT2D eigenvalue weighted by molar-refractivity contribution is 5.75. The van der Waals surface area contributed by atoms with Gasteiger partial charge in [-0.05, 0) is 38.4 Å². The van der Waals surface area contributed by atoms with E-state index < -0.39 is 0 Å². The molecule has 0 saturated carbocycles. The molecule has 1 aliphatic rings. The van der Waals surface area contributed by atoms with Crippen LogP contribution in [0.5, 0.6) is 0 Å². The zero-order valence-corrected chi connectivity index (χ0v) is 15.2. The van der Waals surface area contributed by atoms with Crippen molar-refractivity contribution in [3.63, 3.8) is 0 Å². The molecule has 3 rings (SSSR count). The van der Waals surface area contributed by atoms with Crippen LogP contribution in [-0.2, 0) is 18.4 Å². The van der Waals surface area contributed by atoms with Crippen molar-refractivity contribution < 1.29 is 4.79 Å². The number of rotatable bonds is 6. The fourth-order valence-electron chi connectivity index (χ4n) is 3.80. The van der Waals surface area contributed by atoms with Gasteiger partial charge in [0, 0.05) is 39.5 Å². The van der Waals surface area contributed by atoms with E-state index >= 15 is 0 Å². The highest BCUT2D eigenvalue weighted by atomic mass is 16.2. The van der Waals surface area contributed by atoms with E-state index in [4.69, 9.17) is 0 Å². The van der Waals surface area contributed by atoms with Crippen LogP contribution in [0, 0.1) is 5.92 Å². The number of carbonyl (C=O) groups is 1. The molecule has 0 bridgehead atoms. The first-order chi connectivity index (χ1) is 12.1. The van der Waals surface area contributed by atoms with E-state index in [1.165, 1.54) is 5.69 Å². The highest BCUT2D eigenvalue weighted by Crippen LogP contribution is 2.35. The first kappa shape index (κ1) is 17.6. The molecule has 0 aliphatic carbocycles. The number of carbonyl (C=O) groups excluding carboxylic acids is 1. The second kappa shape index (κ2) is 7.77. The van der Waals surface area contributed by atoms with Gasteiger partial charge in [0.2, 0.25) is 5.91 Å². The SMILES string of the molecule is CN(C[C@@H]1CCCN(C)[C@H]1c1ccnn1C)C(=O)CCn1ccnn1. The van der Waals surface area contributed by atoms with Crippen molar-refractivity contribution in [3.8, 4) is 0 Å². The van der Waals surface area contributed by atoms with Gasteiger partial charge in [0.05, 0.1) is 24.5 Å². The van der Waals surface area contributed by atoms with E-state index in [2.05, 4.69) is 33.4 Å². The Hall–Kier alpha value is -2.22. The standard InChI is InChI=1S/C17H27N7O/c1-21-10-4-5-14(17(21)15-6-8-19-23(15)3)13-22(2)16(25)7-11-24-12-9-18-20-24/h6,8-9,12,14,17H,4-5,7,10-11,13H2,1-3H3/t14-,17+/m0/s1. The average Bonchev–Trinajstić information content (AvgIpc) is 3.24. The number of aryl methyl sites for hydroxylation is 2. The van der Waals surface area contributed by atoms with Crippen LogP contribution in [-0.4, -0.2) is 67.7 Å². The molecule has 8 heteroatoms. The number of piperidine rings is 1. The largest absolute Gasteiger partial charge is 0.345 e. The zero-order valence-electron chi connectivity index (χ0n) is 15.2. The van der Waals surface area contributed by atoms with Crippen molar-refractivity contribution >= 4 is 5.91 Å². The Kier molecular flexibility index (Phi) is 5.47. The van der Waals surface area contributed by atoms with Crippen LogP contribution < -0.4 is 0 Å². The van der Waals surface area contributed by atoms with Crippen LogP contribution in [0.25, 0.3) is 0 Å². The Morgan fingerprint density at radius 1 is 1.36 bits per heavy atom. The third-order valence-electron chi connectivity index (χ3n) is 5.13. The minimum absolute atomic E-state index is 0.146. The third kappa shape index (κ3) is 4.07. The van der Waals surface area contributed by atoms with Gasteiger partial charge in [-0.1, -0.05) is 5.21 Å². The van der Waals surface area contributed by atoms with Crippen molar-refractivity contribution in [1.82, 2.24) is 34.6 Å². The number of aromatic nitrogens is 5. The molecular weight excluding hydrogens is 318 g/mol. The minimum Gasteiger partial charge on any atom is -0.345 e. The van der Waals surface area contributed by atoms with Gasteiger partial charge < -0.3 is 4.90 Å². The fourth-order valence-corrected chi connectivity index (χ4v) is 3.80. The smallest absolute Gasteiger partial charge is 0.224 e. The Morgan fingerprint density at radius 3 is 2.88 bits per heavy atom. The quantitative estimate of drug-likeness (QED) is 0.779. The average molecular weight is 345 g/mol. The maximum Gasteiger partial charge on any atom is 0.224 e. The lowest BCUT2D eigenvalue weighted by Crippen LogP contribution is -2.43. The van der Waals surface area contributed by atoms with Gasteiger partial charge in [0.25, 0.3) is 0 Å². The second-order valence-electron chi connectivity index (χ2n) is 6.90. The molecule has 1 aliphatic heterocycles. The van der Waals surface area contributed by atoms with Gasteiger partial charge in [0.1, 0.15) is 0 Å². The molecule has 25 heavy (non-hydrogen) atoms. The van der Waals surface area contributed by atoms with Gasteiger partial charge in [-0.2, -0.15) is 5.10 Å². The molecule has 1 fully saturated rings. The summed E-state index contributed by atoms with van der Waals surface area (Å²) in [4.78, 5) is 16.7. The summed E-state index contributed by atoms with van der Waals surface area (Å²) in [7, 11) is 6.05. The lowest BCUT2D eigenvalue weighted by molar-refractivity contribution is -0.131. The molecule has 2 aromatic rings. The van der Waals surface area contributed by atoms with Crippen molar-refractivity contribution in [2.24, 2.45) is 13.0 Å². The number of likely N-dealkylation sites (tertiary alicyclic amines) is 1. The molecule has 8 nitrogen and oxygen atoms in total. The monoisotopic (exact) mass is 345 g/mol. The maximum atomic E-state index is 12.5. The molecule has 0 N–H and O–H groups in total. The molecule has 2 atom stereocenters. The molecule has 0 aromatic carbocycles. The van der Waals surface area contributed by atoms with E-state index in [-0.39, 0.29) is 5.91 Å². The van der Waals surface area contributed by atoms with Gasteiger partial charge in [-0.3, -0.25) is 19.1 Å². The van der Waals surface area contributed by atoms with E-state index in [0.717, 1.165) is 25.9 Å². The van der Waals surface area contributed by atoms with Gasteiger partial charge in [-0.25, -0.2) is 0 Å². The topological polar surface area (TPSA) is 72.1 Å². The molecule has 1 saturated heterocycles. The Bertz CT molecular complexity index is 681. The lowest BCUT2D eigenvalue weighted by atomic mass is 9.87. The predicted molar refractivity (Wildman–Crippen MR) is 93.6 cm³/mol. The molecule has 0 spiro atoms. The van der Waals surface area contributed by atoms with Crippen LogP contribution >= 0.6 is 0 Å². The number of hydrogen-bond acceptors (Lipinski definition) is 5. The van der Waals surface area contributed by atoms with Crippen LogP contribution in [0.3, 0.4) is 0 Å². The summed E-state index contributed by atoms with van der Waals surface area (Å²) in [6, 6.07) is 2.39. The normalized spacial score (nSPS) is 21.4. The Morgan fingerprint density at radius 2 is 2.20 bits per heavy atom. The molecule has 1 amide bonds. The zero-order chi connectivity index (χ0) is 17.8. The summed E-state index contributed by atoms with van der Waals surface area (Å²) in [6.45, 7) is 2.41. The van der Waals surface area contributed by atoms with E-state index in [1.807, 2.05) is 29.9 Å². The van der Waals surface area contributed by atoms with Gasteiger partial charge >= 0.3 is 0 Å². The molecule has 0 unspecified atom stereocenters. The van der Waals surface area contributed by atoms with Crippen LogP contribution in [0.1, 0.15) is 31.0 Å². The number of nitrogens with zero attached hydrogens (tertiary/aromatic N) is 7. The Labute approximate surface area is 148 Å². The highest BCUT2D eigenvalue weighted by Gasteiger charge is 2.33. The van der Waals surface area contributed by atoms with Crippen molar-refractivity contribution in [3.05, 3.63) is 30.4 Å². The molecule has 2 aromatic heterocycles. The summed E-state index contributed by atoms with van der Waals surface area (Å²) in [5.41, 5.74) is 1.22. The first-order valence-corrected chi connectivity index (χ1v) is 8.82. The second-order valence-corrected chi connectivity index (χ2v) is 6.90. The number of hydrogen-bond donors (Lipinski definition) is 0. The molecular formula is C17H27N7O. The van der Waals surface area contributed by atoms with Crippen LogP contribution in [0.2, 0.25) is 0 Å². The summed E-state index contributed by atoms with van der Waals surface area (Å²) in [5.74, 6) is 0.557. The van der Waals surface area contributed by atoms with Crippen molar-refractivity contribution in [1.29, 1.82) is 0 Å². The van der Waals surface area contributed by atoms with E-state index in [0.29, 0.717) is 24.9 Å². The Balaban J connectivity index is 1.62. The van der Waals surface area contributed by atoms with Crippen molar-refractivity contribution in [2.75, 3.05) is 27.2 Å². The van der Waals surface area contributed by atoms with Crippen LogP contribution in [0.4, 0.5) is 0 Å². The number of amides is 1. The third-order valence-corrected chi connectivity index (χ3v) is 5.13. The summed E-state index contributed by atoms with van der Waals surface area (Å²) < 4.78 is 3.64. The predicted octanol–water partition coefficient (Wildman–Crippen LogP) is 0.943. The first-order valence-electron chi connectivity index (χ1n) is 8.82. The van der Waals surface area contributed by atoms with Crippen molar-refractivity contribution in [2.45, 2.75) is 31.8 Å². The molecule has 136 valence electrons.